The van der Waals surface area contributed by atoms with Gasteiger partial charge in [0.25, 0.3) is 0 Å². The van der Waals surface area contributed by atoms with Gasteiger partial charge in [-0.3, -0.25) is 9.78 Å². The van der Waals surface area contributed by atoms with E-state index in [2.05, 4.69) is 14.7 Å². The van der Waals surface area contributed by atoms with Gasteiger partial charge in [-0.25, -0.2) is 17.7 Å². The molecule has 1 fully saturated rings. The molecule has 0 saturated heterocycles. The van der Waals surface area contributed by atoms with Gasteiger partial charge >= 0.3 is 51.4 Å². The van der Waals surface area contributed by atoms with Crippen LogP contribution in [0.4, 0.5) is 0 Å². The van der Waals surface area contributed by atoms with Crippen LogP contribution in [0.5, 0.6) is 5.75 Å². The van der Waals surface area contributed by atoms with E-state index >= 15 is 0 Å². The van der Waals surface area contributed by atoms with Crippen LogP contribution in [0, 0.1) is 6.92 Å². The number of carbonyl (C=O) groups excluding carboxylic acids is 2. The van der Waals surface area contributed by atoms with Crippen LogP contribution in [0.25, 0.3) is 4.72 Å². The summed E-state index contributed by atoms with van der Waals surface area (Å²) in [6, 6.07) is 7.55. The zero-order valence-electron chi connectivity index (χ0n) is 24.3. The molecule has 0 aromatic carbocycles. The second kappa shape index (κ2) is 14.2. The van der Waals surface area contributed by atoms with Crippen LogP contribution in [0.2, 0.25) is 0 Å². The van der Waals surface area contributed by atoms with E-state index in [0.29, 0.717) is 53.6 Å². The number of pyridine rings is 1. The topological polar surface area (TPSA) is 137 Å². The molecule has 4 rings (SSSR count). The summed E-state index contributed by atoms with van der Waals surface area (Å²) in [6.07, 6.45) is 5.13. The number of hydrogen-bond acceptors (Lipinski definition) is 9. The predicted octanol–water partition coefficient (Wildman–Crippen LogP) is 1.03. The van der Waals surface area contributed by atoms with Crippen molar-refractivity contribution in [3.05, 3.63) is 68.0 Å². The Morgan fingerprint density at radius 3 is 2.44 bits per heavy atom. The van der Waals surface area contributed by atoms with Crippen LogP contribution in [0.3, 0.4) is 0 Å². The largest absolute Gasteiger partial charge is 1.00 e. The maximum absolute atomic E-state index is 14.0. The Labute approximate surface area is 287 Å². The summed E-state index contributed by atoms with van der Waals surface area (Å²) < 4.78 is 39.4. The van der Waals surface area contributed by atoms with Gasteiger partial charge in [0.15, 0.2) is 10.2 Å². The van der Waals surface area contributed by atoms with Gasteiger partial charge in [-0.2, -0.15) is 0 Å². The minimum atomic E-state index is -4.09. The van der Waals surface area contributed by atoms with E-state index in [0.717, 1.165) is 22.2 Å². The first-order valence-corrected chi connectivity index (χ1v) is 15.2. The Kier molecular flexibility index (Phi) is 11.7. The Balaban J connectivity index is 0.00000462. The van der Waals surface area contributed by atoms with E-state index in [-0.39, 0.29) is 69.5 Å². The minimum absolute atomic E-state index is 0. The molecule has 0 atom stereocenters. The molecule has 0 bridgehead atoms. The van der Waals surface area contributed by atoms with Crippen molar-refractivity contribution in [2.24, 2.45) is 0 Å². The fourth-order valence-electron chi connectivity index (χ4n) is 4.34. The summed E-state index contributed by atoms with van der Waals surface area (Å²) in [7, 11) is 0.0712. The van der Waals surface area contributed by atoms with E-state index in [9.17, 15) is 18.0 Å². The van der Waals surface area contributed by atoms with E-state index in [1.807, 2.05) is 25.1 Å². The van der Waals surface area contributed by atoms with Crippen LogP contribution in [-0.4, -0.2) is 67.2 Å². The summed E-state index contributed by atoms with van der Waals surface area (Å²) in [4.78, 5) is 37.8. The summed E-state index contributed by atoms with van der Waals surface area (Å²) in [5.74, 6) is 1.41. The third-order valence-corrected chi connectivity index (χ3v) is 9.13. The van der Waals surface area contributed by atoms with Crippen molar-refractivity contribution in [3.8, 4) is 5.75 Å². The molecule has 14 heteroatoms. The number of furan rings is 1. The maximum Gasteiger partial charge on any atom is 1.00 e. The van der Waals surface area contributed by atoms with Gasteiger partial charge in [0.05, 0.1) is 31.0 Å². The van der Waals surface area contributed by atoms with Crippen LogP contribution >= 0.6 is 11.3 Å². The standard InChI is InChI=1S/C27H35N5O6S2.K/c1-6-19-9-10-20(38-19)8-7-15-32(26(34)27(13-14-27)22-12-11-21(37-5)16-28-22)17-23-29-24(18(2)39-23)25(33)30-40(35,36)31(3)4;/h9-12,16H,6-8,13-15,17H2,1-5H3,(H,30,33);/q;+1/p-1. The van der Waals surface area contributed by atoms with Gasteiger partial charge in [0.1, 0.15) is 33.9 Å². The van der Waals surface area contributed by atoms with Crippen LogP contribution < -0.4 is 56.1 Å². The summed E-state index contributed by atoms with van der Waals surface area (Å²) in [5, 5.41) is 0.524. The molecule has 0 unspecified atom stereocenters. The van der Waals surface area contributed by atoms with E-state index in [1.54, 1.807) is 31.2 Å². The Hall–Kier alpha value is -1.65. The number of ether oxygens (including phenoxy) is 1. The molecule has 3 aromatic rings. The molecule has 0 spiro atoms. The Bertz CT molecular complexity index is 1470. The van der Waals surface area contributed by atoms with Crippen molar-refractivity contribution < 1.29 is 78.5 Å². The monoisotopic (exact) mass is 627 g/mol. The molecule has 3 aromatic heterocycles. The molecule has 1 saturated carbocycles. The summed E-state index contributed by atoms with van der Waals surface area (Å²) >= 11 is 1.25. The molecule has 3 heterocycles. The van der Waals surface area contributed by atoms with Crippen LogP contribution in [0.1, 0.15) is 63.8 Å². The van der Waals surface area contributed by atoms with E-state index < -0.39 is 21.5 Å². The first kappa shape index (κ1) is 33.8. The SMILES string of the molecule is CCc1ccc(CCCN(Cc2nc(C(=O)[N-]S(=O)(=O)N(C)C)c(C)s2)C(=O)C2(c3ccc(OC)cn3)CC2)o1.[K+]. The fourth-order valence-corrected chi connectivity index (χ4v) is 5.74. The normalized spacial score (nSPS) is 13.9. The number of rotatable bonds is 13. The first-order valence-electron chi connectivity index (χ1n) is 13.0. The molecule has 0 N–H and O–H groups in total. The number of hydrogen-bond donors (Lipinski definition) is 0. The van der Waals surface area contributed by atoms with Gasteiger partial charge in [-0.15, -0.1) is 11.3 Å². The van der Waals surface area contributed by atoms with Gasteiger partial charge in [-0.1, -0.05) is 6.92 Å². The summed E-state index contributed by atoms with van der Waals surface area (Å²) in [6.45, 7) is 4.34. The van der Waals surface area contributed by atoms with Crippen molar-refractivity contribution in [1.29, 1.82) is 0 Å². The zero-order valence-corrected chi connectivity index (χ0v) is 29.1. The molecule has 216 valence electrons. The molecule has 1 aliphatic carbocycles. The molecule has 1 aliphatic rings. The molecule has 0 radical (unpaired) electrons. The zero-order chi connectivity index (χ0) is 29.1. The smallest absolute Gasteiger partial charge is 0.527 e. The molecular formula is C27H34KN5O6S2. The number of aromatic nitrogens is 2. The van der Waals surface area contributed by atoms with Crippen LogP contribution in [-0.2, 0) is 39.8 Å². The molecular weight excluding hydrogens is 594 g/mol. The van der Waals surface area contributed by atoms with Crippen molar-refractivity contribution in [3.63, 3.8) is 0 Å². The van der Waals surface area contributed by atoms with Crippen molar-refractivity contribution in [2.45, 2.75) is 57.9 Å². The second-order valence-corrected chi connectivity index (χ2v) is 13.0. The first-order chi connectivity index (χ1) is 19.0. The van der Waals surface area contributed by atoms with Gasteiger partial charge in [-0.05, 0) is 50.5 Å². The van der Waals surface area contributed by atoms with Crippen molar-refractivity contribution in [1.82, 2.24) is 19.2 Å². The predicted molar refractivity (Wildman–Crippen MR) is 151 cm³/mol. The average Bonchev–Trinajstić information content (AvgIpc) is 3.46. The van der Waals surface area contributed by atoms with E-state index in [4.69, 9.17) is 9.15 Å². The van der Waals surface area contributed by atoms with Crippen LogP contribution in [0.15, 0.2) is 34.9 Å². The number of carbonyl (C=O) groups is 2. The average molecular weight is 628 g/mol. The van der Waals surface area contributed by atoms with Gasteiger partial charge < -0.3 is 23.6 Å². The third kappa shape index (κ3) is 8.05. The van der Waals surface area contributed by atoms with Gasteiger partial charge in [0.2, 0.25) is 5.91 Å². The maximum atomic E-state index is 14.0. The number of aryl methyl sites for hydroxylation is 3. The van der Waals surface area contributed by atoms with E-state index in [1.165, 1.54) is 25.4 Å². The molecule has 41 heavy (non-hydrogen) atoms. The molecule has 11 nitrogen and oxygen atoms in total. The van der Waals surface area contributed by atoms with Crippen molar-refractivity contribution >= 4 is 33.4 Å². The third-order valence-electron chi connectivity index (χ3n) is 6.86. The Morgan fingerprint density at radius 1 is 1.17 bits per heavy atom. The second-order valence-electron chi connectivity index (χ2n) is 9.89. The van der Waals surface area contributed by atoms with Crippen molar-refractivity contribution in [2.75, 3.05) is 27.7 Å². The summed E-state index contributed by atoms with van der Waals surface area (Å²) in [5.41, 5.74) is -0.0499. The Morgan fingerprint density at radius 2 is 1.88 bits per heavy atom. The van der Waals surface area contributed by atoms with Gasteiger partial charge in [0, 0.05) is 38.4 Å². The fraction of sp³-hybridized carbons (Fsp3) is 0.481. The number of thiazole rings is 1. The quantitative estimate of drug-likeness (QED) is 0.256. The molecule has 0 aliphatic heterocycles. The minimum Gasteiger partial charge on any atom is -0.527 e. The number of amides is 2. The number of methoxy groups -OCH3 is 1. The number of nitrogens with zero attached hydrogens (tertiary/aromatic N) is 5. The molecule has 2 amide bonds.